The topological polar surface area (TPSA) is 17.1 Å². The Balaban J connectivity index is 2.96. The maximum atomic E-state index is 10.2. The molecule has 1 rings (SSSR count). The highest BCUT2D eigenvalue weighted by Gasteiger charge is 2.10. The Kier molecular flexibility index (Phi) is 1.93. The number of carbonyl (C=O) groups is 1. The summed E-state index contributed by atoms with van der Waals surface area (Å²) >= 11 is 3.19. The summed E-state index contributed by atoms with van der Waals surface area (Å²) in [6, 6.07) is 0. The Bertz CT molecular complexity index is 211. The summed E-state index contributed by atoms with van der Waals surface area (Å²) in [6.07, 6.45) is 8.86. The molecule has 0 bridgehead atoms. The third-order valence-corrected chi connectivity index (χ3v) is 1.64. The van der Waals surface area contributed by atoms with Crippen molar-refractivity contribution in [3.05, 3.63) is 34.4 Å². The highest BCUT2D eigenvalue weighted by atomic mass is 79.9. The molecular formula is C7H4BrO+. The standard InChI is InChI=1S/C7H4BrO/c8-7-4-2-1-3-6(7)5-9/h1-2,4-5H/q+1. The molecule has 0 spiro atoms. The molecule has 0 aromatic rings. The van der Waals surface area contributed by atoms with Crippen LogP contribution >= 0.6 is 15.9 Å². The first-order chi connectivity index (χ1) is 4.34. The van der Waals surface area contributed by atoms with Gasteiger partial charge in [0.15, 0.2) is 0 Å². The average molecular weight is 184 g/mol. The number of halogens is 1. The zero-order valence-electron chi connectivity index (χ0n) is 4.60. The largest absolute Gasteiger partial charge is 0.240 e. The number of allylic oxidation sites excluding steroid dienone is 6. The smallest absolute Gasteiger partial charge is 0.238 e. The number of hydrogen-bond acceptors (Lipinski definition) is 1. The fourth-order valence-electron chi connectivity index (χ4n) is 0.520. The predicted molar refractivity (Wildman–Crippen MR) is 39.0 cm³/mol. The zero-order valence-corrected chi connectivity index (χ0v) is 6.18. The normalized spacial score (nSPS) is 15.7. The maximum absolute atomic E-state index is 10.2. The van der Waals surface area contributed by atoms with E-state index in [9.17, 15) is 4.79 Å². The van der Waals surface area contributed by atoms with Crippen LogP contribution in [0.15, 0.2) is 28.3 Å². The average Bonchev–Trinajstić information content (AvgIpc) is 1.89. The van der Waals surface area contributed by atoms with Gasteiger partial charge in [-0.15, -0.1) is 0 Å². The predicted octanol–water partition coefficient (Wildman–Crippen LogP) is 1.76. The van der Waals surface area contributed by atoms with E-state index in [1.807, 2.05) is 6.08 Å². The van der Waals surface area contributed by atoms with Crippen molar-refractivity contribution in [3.8, 4) is 0 Å². The van der Waals surface area contributed by atoms with Gasteiger partial charge in [0.1, 0.15) is 4.48 Å². The van der Waals surface area contributed by atoms with Crippen molar-refractivity contribution in [2.75, 3.05) is 0 Å². The van der Waals surface area contributed by atoms with Gasteiger partial charge < -0.3 is 0 Å². The summed E-state index contributed by atoms with van der Waals surface area (Å²) in [6.45, 7) is 0. The van der Waals surface area contributed by atoms with Crippen LogP contribution in [-0.4, -0.2) is 6.29 Å². The third-order valence-electron chi connectivity index (χ3n) is 0.953. The van der Waals surface area contributed by atoms with Crippen LogP contribution in [0.5, 0.6) is 0 Å². The minimum absolute atomic E-state index is 0.567. The second-order valence-electron chi connectivity index (χ2n) is 1.55. The molecule has 1 nitrogen and oxygen atoms in total. The van der Waals surface area contributed by atoms with Crippen LogP contribution in [0.2, 0.25) is 0 Å². The number of carbonyl (C=O) groups excluding carboxylic acids is 1. The molecule has 2 heteroatoms. The lowest BCUT2D eigenvalue weighted by Crippen LogP contribution is -1.85. The van der Waals surface area contributed by atoms with E-state index in [2.05, 4.69) is 22.0 Å². The first-order valence-electron chi connectivity index (χ1n) is 2.46. The molecule has 0 aromatic heterocycles. The molecule has 1 aliphatic rings. The number of rotatable bonds is 1. The monoisotopic (exact) mass is 183 g/mol. The van der Waals surface area contributed by atoms with Crippen LogP contribution in [0, 0.1) is 6.08 Å². The molecule has 0 amide bonds. The van der Waals surface area contributed by atoms with Gasteiger partial charge in [-0.05, 0) is 0 Å². The lowest BCUT2D eigenvalue weighted by atomic mass is 10.2. The minimum Gasteiger partial charge on any atom is -0.238 e. The van der Waals surface area contributed by atoms with Gasteiger partial charge in [0, 0.05) is 34.2 Å². The van der Waals surface area contributed by atoms with E-state index in [4.69, 9.17) is 0 Å². The molecule has 0 aromatic carbocycles. The van der Waals surface area contributed by atoms with Gasteiger partial charge in [0.05, 0.1) is 6.08 Å². The van der Waals surface area contributed by atoms with E-state index in [1.54, 1.807) is 12.2 Å². The molecule has 0 N–H and O–H groups in total. The van der Waals surface area contributed by atoms with Crippen molar-refractivity contribution in [2.45, 2.75) is 0 Å². The second kappa shape index (κ2) is 2.72. The first-order valence-corrected chi connectivity index (χ1v) is 3.25. The molecule has 0 saturated heterocycles. The van der Waals surface area contributed by atoms with Crippen molar-refractivity contribution < 1.29 is 4.79 Å². The highest BCUT2D eigenvalue weighted by molar-refractivity contribution is 9.12. The summed E-state index contributed by atoms with van der Waals surface area (Å²) in [5.41, 5.74) is 0.567. The molecule has 0 unspecified atom stereocenters. The first kappa shape index (κ1) is 6.40. The van der Waals surface area contributed by atoms with Crippen LogP contribution in [0.1, 0.15) is 0 Å². The van der Waals surface area contributed by atoms with Gasteiger partial charge in [-0.25, -0.2) is 4.79 Å². The number of hydrogen-bond donors (Lipinski definition) is 0. The van der Waals surface area contributed by atoms with Crippen molar-refractivity contribution in [1.82, 2.24) is 0 Å². The summed E-state index contributed by atoms with van der Waals surface area (Å²) in [4.78, 5) is 10.2. The Morgan fingerprint density at radius 1 is 1.67 bits per heavy atom. The highest BCUT2D eigenvalue weighted by Crippen LogP contribution is 2.17. The van der Waals surface area contributed by atoms with Crippen LogP contribution in [0.4, 0.5) is 0 Å². The van der Waals surface area contributed by atoms with Crippen LogP contribution < -0.4 is 0 Å². The Hall–Kier alpha value is -0.720. The van der Waals surface area contributed by atoms with Gasteiger partial charge in [-0.3, -0.25) is 0 Å². The lowest BCUT2D eigenvalue weighted by Gasteiger charge is -1.86. The molecule has 44 valence electrons. The summed E-state index contributed by atoms with van der Waals surface area (Å²) in [7, 11) is 0. The van der Waals surface area contributed by atoms with E-state index in [0.29, 0.717) is 5.57 Å². The third kappa shape index (κ3) is 1.35. The number of aldehydes is 1. The van der Waals surface area contributed by atoms with Crippen molar-refractivity contribution in [1.29, 1.82) is 0 Å². The van der Waals surface area contributed by atoms with E-state index >= 15 is 0 Å². The fraction of sp³-hybridized carbons (Fsp3) is 0. The van der Waals surface area contributed by atoms with E-state index in [-0.39, 0.29) is 0 Å². The van der Waals surface area contributed by atoms with E-state index < -0.39 is 0 Å². The quantitative estimate of drug-likeness (QED) is 0.448. The second-order valence-corrected chi connectivity index (χ2v) is 2.40. The molecule has 0 aliphatic heterocycles. The molecule has 1 aliphatic carbocycles. The van der Waals surface area contributed by atoms with E-state index in [1.165, 1.54) is 0 Å². The summed E-state index contributed by atoms with van der Waals surface area (Å²) in [5, 5.41) is 0. The minimum atomic E-state index is 0.567. The van der Waals surface area contributed by atoms with Crippen molar-refractivity contribution in [2.24, 2.45) is 0 Å². The zero-order chi connectivity index (χ0) is 6.69. The van der Waals surface area contributed by atoms with Gasteiger partial charge in [0.2, 0.25) is 11.9 Å². The SMILES string of the molecule is O=CC1=[C+]C=CC=C1Br. The van der Waals surface area contributed by atoms with Crippen LogP contribution in [0.25, 0.3) is 0 Å². The molecular weight excluding hydrogens is 180 g/mol. The van der Waals surface area contributed by atoms with Gasteiger partial charge >= 0.3 is 0 Å². The van der Waals surface area contributed by atoms with Gasteiger partial charge in [-0.1, -0.05) is 0 Å². The maximum Gasteiger partial charge on any atom is 0.240 e. The van der Waals surface area contributed by atoms with Crippen LogP contribution in [0.3, 0.4) is 0 Å². The fourth-order valence-corrected chi connectivity index (χ4v) is 0.880. The molecule has 9 heavy (non-hydrogen) atoms. The van der Waals surface area contributed by atoms with Gasteiger partial charge in [0.25, 0.3) is 0 Å². The summed E-state index contributed by atoms with van der Waals surface area (Å²) < 4.78 is 0.792. The Morgan fingerprint density at radius 3 is 2.89 bits per heavy atom. The van der Waals surface area contributed by atoms with Crippen molar-refractivity contribution in [3.63, 3.8) is 0 Å². The molecule has 0 fully saturated rings. The van der Waals surface area contributed by atoms with E-state index in [0.717, 1.165) is 10.8 Å². The Morgan fingerprint density at radius 2 is 2.44 bits per heavy atom. The Labute approximate surface area is 61.9 Å². The van der Waals surface area contributed by atoms with Crippen molar-refractivity contribution >= 4 is 22.2 Å². The summed E-state index contributed by atoms with van der Waals surface area (Å²) in [5.74, 6) is 0. The molecule has 0 radical (unpaired) electrons. The molecule has 0 saturated carbocycles. The van der Waals surface area contributed by atoms with Crippen LogP contribution in [-0.2, 0) is 4.79 Å². The van der Waals surface area contributed by atoms with Gasteiger partial charge in [-0.2, -0.15) is 0 Å². The molecule has 0 heterocycles. The lowest BCUT2D eigenvalue weighted by molar-refractivity contribution is -0.104. The molecule has 0 atom stereocenters.